The third-order valence-corrected chi connectivity index (χ3v) is 3.79. The summed E-state index contributed by atoms with van der Waals surface area (Å²) >= 11 is 0. The van der Waals surface area contributed by atoms with Gasteiger partial charge in [-0.15, -0.1) is 0 Å². The normalized spacial score (nSPS) is 12.3. The van der Waals surface area contributed by atoms with Crippen molar-refractivity contribution in [2.75, 3.05) is 5.73 Å². The molecule has 0 aliphatic heterocycles. The lowest BCUT2D eigenvalue weighted by Gasteiger charge is -2.05. The number of nitrogens with two attached hydrogens (primary N) is 1. The minimum absolute atomic E-state index is 0.168. The molecule has 0 fully saturated rings. The van der Waals surface area contributed by atoms with Gasteiger partial charge in [-0.05, 0) is 30.3 Å². The molecule has 94 valence electrons. The summed E-state index contributed by atoms with van der Waals surface area (Å²) in [7, 11) is -1.53. The summed E-state index contributed by atoms with van der Waals surface area (Å²) in [4.78, 5) is 0.456. The van der Waals surface area contributed by atoms with Gasteiger partial charge in [0.25, 0.3) is 0 Å². The monoisotopic (exact) mass is 267 g/mol. The lowest BCUT2D eigenvalue weighted by molar-refractivity contribution is 0.564. The molecule has 2 aromatic rings. The molecule has 1 atom stereocenters. The average Bonchev–Trinajstić information content (AvgIpc) is 2.34. The molecule has 0 amide bonds. The highest BCUT2D eigenvalue weighted by Gasteiger charge is 2.13. The lowest BCUT2D eigenvalue weighted by atomic mass is 10.2. The molecule has 2 rings (SSSR count). The predicted molar refractivity (Wildman–Crippen MR) is 67.3 cm³/mol. The molecular weight excluding hydrogens is 256 g/mol. The van der Waals surface area contributed by atoms with Crippen molar-refractivity contribution in [1.82, 2.24) is 0 Å². The molecule has 0 radical (unpaired) electrons. The zero-order valence-corrected chi connectivity index (χ0v) is 10.2. The second kappa shape index (κ2) is 5.27. The number of hydrogen-bond acceptors (Lipinski definition) is 2. The highest BCUT2D eigenvalue weighted by molar-refractivity contribution is 7.84. The van der Waals surface area contributed by atoms with Crippen LogP contribution in [0, 0.1) is 11.6 Å². The van der Waals surface area contributed by atoms with Crippen LogP contribution in [0.25, 0.3) is 0 Å². The Hall–Kier alpha value is -1.75. The zero-order valence-electron chi connectivity index (χ0n) is 9.40. The molecule has 0 saturated heterocycles. The Morgan fingerprint density at radius 2 is 1.67 bits per heavy atom. The molecule has 0 heterocycles. The van der Waals surface area contributed by atoms with Gasteiger partial charge in [0.1, 0.15) is 11.6 Å². The Kier molecular flexibility index (Phi) is 3.72. The Bertz CT molecular complexity index is 581. The van der Waals surface area contributed by atoms with Crippen LogP contribution in [0.3, 0.4) is 0 Å². The highest BCUT2D eigenvalue weighted by Crippen LogP contribution is 2.19. The largest absolute Gasteiger partial charge is 0.399 e. The fourth-order valence-corrected chi connectivity index (χ4v) is 2.74. The number of rotatable bonds is 3. The van der Waals surface area contributed by atoms with E-state index in [1.807, 2.05) is 0 Å². The summed E-state index contributed by atoms with van der Waals surface area (Å²) in [6.07, 6.45) is 0. The van der Waals surface area contributed by atoms with Crippen LogP contribution in [0.4, 0.5) is 14.5 Å². The number of nitrogen functional groups attached to an aromatic ring is 1. The first-order valence-electron chi connectivity index (χ1n) is 5.25. The average molecular weight is 267 g/mol. The van der Waals surface area contributed by atoms with E-state index < -0.39 is 22.4 Å². The quantitative estimate of drug-likeness (QED) is 0.869. The minimum Gasteiger partial charge on any atom is -0.399 e. The van der Waals surface area contributed by atoms with Crippen LogP contribution in [0.1, 0.15) is 5.56 Å². The third-order valence-electron chi connectivity index (χ3n) is 2.46. The molecule has 0 saturated carbocycles. The van der Waals surface area contributed by atoms with Crippen LogP contribution < -0.4 is 5.73 Å². The van der Waals surface area contributed by atoms with Crippen LogP contribution in [-0.2, 0) is 16.6 Å². The smallest absolute Gasteiger partial charge is 0.130 e. The van der Waals surface area contributed by atoms with E-state index in [0.29, 0.717) is 10.6 Å². The van der Waals surface area contributed by atoms with Crippen molar-refractivity contribution < 1.29 is 13.0 Å². The van der Waals surface area contributed by atoms with Gasteiger partial charge in [0.05, 0.1) is 16.6 Å². The fraction of sp³-hybridized carbons (Fsp3) is 0.0769. The van der Waals surface area contributed by atoms with E-state index in [-0.39, 0.29) is 11.3 Å². The van der Waals surface area contributed by atoms with Crippen molar-refractivity contribution in [3.8, 4) is 0 Å². The maximum Gasteiger partial charge on any atom is 0.130 e. The first kappa shape index (κ1) is 12.7. The van der Waals surface area contributed by atoms with Gasteiger partial charge in [-0.25, -0.2) is 8.78 Å². The van der Waals surface area contributed by atoms with Crippen molar-refractivity contribution in [2.45, 2.75) is 10.6 Å². The molecule has 2 aromatic carbocycles. The Labute approximate surface area is 106 Å². The molecule has 2 N–H and O–H groups in total. The standard InChI is InChI=1S/C13H11F2NOS/c14-12-5-2-6-13(15)11(12)8-18(17)10-4-1-3-9(16)7-10/h1-7H,8,16H2. The fourth-order valence-electron chi connectivity index (χ4n) is 1.54. The molecule has 5 heteroatoms. The summed E-state index contributed by atoms with van der Waals surface area (Å²) in [5.74, 6) is -1.58. The van der Waals surface area contributed by atoms with Gasteiger partial charge in [-0.1, -0.05) is 12.1 Å². The Balaban J connectivity index is 2.27. The van der Waals surface area contributed by atoms with E-state index in [9.17, 15) is 13.0 Å². The molecule has 1 unspecified atom stereocenters. The van der Waals surface area contributed by atoms with Crippen LogP contribution in [-0.4, -0.2) is 4.21 Å². The van der Waals surface area contributed by atoms with Crippen molar-refractivity contribution >= 4 is 16.5 Å². The molecule has 0 aliphatic rings. The van der Waals surface area contributed by atoms with Crippen LogP contribution >= 0.6 is 0 Å². The number of halogens is 2. The van der Waals surface area contributed by atoms with Crippen LogP contribution in [0.15, 0.2) is 47.4 Å². The van der Waals surface area contributed by atoms with E-state index in [1.54, 1.807) is 18.2 Å². The topological polar surface area (TPSA) is 43.1 Å². The van der Waals surface area contributed by atoms with Gasteiger partial charge >= 0.3 is 0 Å². The molecule has 18 heavy (non-hydrogen) atoms. The van der Waals surface area contributed by atoms with E-state index >= 15 is 0 Å². The summed E-state index contributed by atoms with van der Waals surface area (Å²) in [6, 6.07) is 10.0. The van der Waals surface area contributed by atoms with Gasteiger partial charge in [0.15, 0.2) is 0 Å². The van der Waals surface area contributed by atoms with E-state index in [2.05, 4.69) is 0 Å². The second-order valence-electron chi connectivity index (χ2n) is 3.76. The maximum atomic E-state index is 13.4. The summed E-state index contributed by atoms with van der Waals surface area (Å²) < 4.78 is 38.8. The van der Waals surface area contributed by atoms with Crippen molar-refractivity contribution in [3.05, 3.63) is 59.7 Å². The zero-order chi connectivity index (χ0) is 13.1. The van der Waals surface area contributed by atoms with Gasteiger partial charge in [0, 0.05) is 16.1 Å². The second-order valence-corrected chi connectivity index (χ2v) is 5.21. The SMILES string of the molecule is Nc1cccc(S(=O)Cc2c(F)cccc2F)c1. The van der Waals surface area contributed by atoms with Gasteiger partial charge in [-0.2, -0.15) is 0 Å². The number of anilines is 1. The number of benzene rings is 2. The van der Waals surface area contributed by atoms with Crippen LogP contribution in [0.5, 0.6) is 0 Å². The Morgan fingerprint density at radius 3 is 2.28 bits per heavy atom. The summed E-state index contributed by atoms with van der Waals surface area (Å²) in [5, 5.41) is 0. The first-order valence-corrected chi connectivity index (χ1v) is 6.56. The van der Waals surface area contributed by atoms with Crippen molar-refractivity contribution in [2.24, 2.45) is 0 Å². The summed E-state index contributed by atoms with van der Waals surface area (Å²) in [5.41, 5.74) is 5.87. The molecule has 2 nitrogen and oxygen atoms in total. The molecule has 0 aliphatic carbocycles. The number of hydrogen-bond donors (Lipinski definition) is 1. The summed E-state index contributed by atoms with van der Waals surface area (Å²) in [6.45, 7) is 0. The molecule has 0 spiro atoms. The minimum atomic E-state index is -1.53. The first-order chi connectivity index (χ1) is 8.58. The van der Waals surface area contributed by atoms with E-state index in [1.165, 1.54) is 12.1 Å². The third kappa shape index (κ3) is 2.73. The van der Waals surface area contributed by atoms with Gasteiger partial charge < -0.3 is 5.73 Å². The van der Waals surface area contributed by atoms with Crippen molar-refractivity contribution in [3.63, 3.8) is 0 Å². The van der Waals surface area contributed by atoms with Gasteiger partial charge in [-0.3, -0.25) is 4.21 Å². The molecule has 0 aromatic heterocycles. The Morgan fingerprint density at radius 1 is 1.06 bits per heavy atom. The van der Waals surface area contributed by atoms with Crippen LogP contribution in [0.2, 0.25) is 0 Å². The van der Waals surface area contributed by atoms with Gasteiger partial charge in [0.2, 0.25) is 0 Å². The molecular formula is C13H11F2NOS. The van der Waals surface area contributed by atoms with E-state index in [0.717, 1.165) is 12.1 Å². The highest BCUT2D eigenvalue weighted by atomic mass is 32.2. The lowest BCUT2D eigenvalue weighted by Crippen LogP contribution is -2.02. The molecule has 0 bridgehead atoms. The predicted octanol–water partition coefficient (Wildman–Crippen LogP) is 2.85. The maximum absolute atomic E-state index is 13.4. The van der Waals surface area contributed by atoms with E-state index in [4.69, 9.17) is 5.73 Å². The van der Waals surface area contributed by atoms with Crippen molar-refractivity contribution in [1.29, 1.82) is 0 Å².